The molecule has 5 rings (SSSR count). The van der Waals surface area contributed by atoms with Crippen molar-refractivity contribution in [2.24, 2.45) is 5.41 Å². The molecule has 1 aliphatic heterocycles. The van der Waals surface area contributed by atoms with Crippen molar-refractivity contribution in [2.75, 3.05) is 52.3 Å². The van der Waals surface area contributed by atoms with E-state index in [1.54, 1.807) is 20.3 Å². The third-order valence-electron chi connectivity index (χ3n) is 8.95. The molecule has 226 valence electrons. The Labute approximate surface area is 252 Å². The maximum Gasteiger partial charge on any atom is 0.162 e. The first kappa shape index (κ1) is 30.1. The molecule has 1 fully saturated rings. The standard InChI is InChI=1S/C36H48N2O4/c1-36(2)16-6-18-38(25-36)19-20-42-31-14-8-26(9-15-31)7-5-17-37-33-24-35(41-4)34(40-3)23-32(33)29-11-10-28-22-30(39)13-12-27(28)21-29/h8-9,12-15,22-24,29,37,39H,5-7,10-11,16-21,25H2,1-4H3. The van der Waals surface area contributed by atoms with E-state index in [0.29, 0.717) is 17.1 Å². The van der Waals surface area contributed by atoms with Gasteiger partial charge < -0.3 is 24.6 Å². The highest BCUT2D eigenvalue weighted by atomic mass is 16.5. The van der Waals surface area contributed by atoms with Gasteiger partial charge in [0.25, 0.3) is 0 Å². The highest BCUT2D eigenvalue weighted by Crippen LogP contribution is 2.42. The Bertz CT molecular complexity index is 1320. The first-order valence-electron chi connectivity index (χ1n) is 15.6. The molecule has 0 bridgehead atoms. The summed E-state index contributed by atoms with van der Waals surface area (Å²) in [6.45, 7) is 9.67. The average Bonchev–Trinajstić information content (AvgIpc) is 2.99. The number of fused-ring (bicyclic) bond motifs is 1. The number of nitrogens with one attached hydrogen (secondary N) is 1. The number of likely N-dealkylation sites (tertiary alicyclic amines) is 1. The van der Waals surface area contributed by atoms with E-state index >= 15 is 0 Å². The Morgan fingerprint density at radius 1 is 0.976 bits per heavy atom. The molecule has 2 aliphatic rings. The van der Waals surface area contributed by atoms with Crippen molar-refractivity contribution in [3.8, 4) is 23.0 Å². The van der Waals surface area contributed by atoms with Gasteiger partial charge in [-0.25, -0.2) is 0 Å². The molecule has 1 unspecified atom stereocenters. The summed E-state index contributed by atoms with van der Waals surface area (Å²) in [6, 6.07) is 18.6. The number of piperidine rings is 1. The molecule has 3 aromatic rings. The lowest BCUT2D eigenvalue weighted by Crippen LogP contribution is -2.41. The van der Waals surface area contributed by atoms with Crippen LogP contribution in [0, 0.1) is 5.41 Å². The molecule has 3 aromatic carbocycles. The van der Waals surface area contributed by atoms with E-state index in [1.165, 1.54) is 41.6 Å². The summed E-state index contributed by atoms with van der Waals surface area (Å²) in [5.74, 6) is 3.17. The third kappa shape index (κ3) is 7.71. The number of anilines is 1. The van der Waals surface area contributed by atoms with Crippen LogP contribution >= 0.6 is 0 Å². The first-order chi connectivity index (χ1) is 20.3. The molecule has 6 heteroatoms. The van der Waals surface area contributed by atoms with Gasteiger partial charge in [0.1, 0.15) is 18.1 Å². The Hall–Kier alpha value is -3.38. The topological polar surface area (TPSA) is 63.2 Å². The minimum absolute atomic E-state index is 0.347. The zero-order chi connectivity index (χ0) is 29.5. The number of benzene rings is 3. The van der Waals surface area contributed by atoms with Crippen LogP contribution < -0.4 is 19.5 Å². The summed E-state index contributed by atoms with van der Waals surface area (Å²) >= 11 is 0. The summed E-state index contributed by atoms with van der Waals surface area (Å²) in [6.07, 6.45) is 7.56. The van der Waals surface area contributed by atoms with E-state index < -0.39 is 0 Å². The number of nitrogens with zero attached hydrogens (tertiary/aromatic N) is 1. The van der Waals surface area contributed by atoms with Crippen molar-refractivity contribution in [2.45, 2.75) is 64.7 Å². The van der Waals surface area contributed by atoms with Crippen molar-refractivity contribution in [3.63, 3.8) is 0 Å². The molecular weight excluding hydrogens is 524 g/mol. The van der Waals surface area contributed by atoms with Crippen LogP contribution in [0.1, 0.15) is 67.7 Å². The molecule has 1 atom stereocenters. The van der Waals surface area contributed by atoms with E-state index in [1.807, 2.05) is 6.07 Å². The van der Waals surface area contributed by atoms with E-state index in [4.69, 9.17) is 14.2 Å². The van der Waals surface area contributed by atoms with E-state index in [-0.39, 0.29) is 0 Å². The monoisotopic (exact) mass is 572 g/mol. The molecular formula is C36H48N2O4. The zero-order valence-electron chi connectivity index (χ0n) is 25.9. The number of aryl methyl sites for hydroxylation is 2. The first-order valence-corrected chi connectivity index (χ1v) is 15.6. The fraction of sp³-hybridized carbons (Fsp3) is 0.500. The highest BCUT2D eigenvalue weighted by Gasteiger charge is 2.26. The highest BCUT2D eigenvalue weighted by molar-refractivity contribution is 5.62. The Balaban J connectivity index is 1.14. The van der Waals surface area contributed by atoms with E-state index in [0.717, 1.165) is 81.3 Å². The van der Waals surface area contributed by atoms with Crippen LogP contribution in [0.5, 0.6) is 23.0 Å². The molecule has 1 saturated heterocycles. The van der Waals surface area contributed by atoms with Crippen LogP contribution in [0.25, 0.3) is 0 Å². The molecule has 1 aliphatic carbocycles. The number of hydrogen-bond acceptors (Lipinski definition) is 6. The Morgan fingerprint density at radius 3 is 2.52 bits per heavy atom. The van der Waals surface area contributed by atoms with Gasteiger partial charge >= 0.3 is 0 Å². The van der Waals surface area contributed by atoms with Crippen LogP contribution in [0.15, 0.2) is 54.6 Å². The zero-order valence-corrected chi connectivity index (χ0v) is 25.9. The largest absolute Gasteiger partial charge is 0.508 e. The Kier molecular flexibility index (Phi) is 9.84. The summed E-state index contributed by atoms with van der Waals surface area (Å²) in [5.41, 5.74) is 6.68. The quantitative estimate of drug-likeness (QED) is 0.223. The maximum atomic E-state index is 9.90. The second kappa shape index (κ2) is 13.7. The molecule has 6 nitrogen and oxygen atoms in total. The molecule has 0 spiro atoms. The normalized spacial score (nSPS) is 18.2. The molecule has 1 heterocycles. The number of phenols is 1. The lowest BCUT2D eigenvalue weighted by Gasteiger charge is -2.37. The fourth-order valence-electron chi connectivity index (χ4n) is 6.69. The maximum absolute atomic E-state index is 9.90. The summed E-state index contributed by atoms with van der Waals surface area (Å²) in [7, 11) is 3.38. The van der Waals surface area contributed by atoms with Crippen molar-refractivity contribution >= 4 is 5.69 Å². The second-order valence-corrected chi connectivity index (χ2v) is 12.8. The van der Waals surface area contributed by atoms with Gasteiger partial charge in [-0.2, -0.15) is 0 Å². The predicted molar refractivity (Wildman–Crippen MR) is 171 cm³/mol. The molecule has 0 amide bonds. The third-order valence-corrected chi connectivity index (χ3v) is 8.95. The second-order valence-electron chi connectivity index (χ2n) is 12.8. The van der Waals surface area contributed by atoms with Crippen LogP contribution in [-0.4, -0.2) is 57.0 Å². The SMILES string of the molecule is COc1cc(NCCCc2ccc(OCCN3CCCC(C)(C)C3)cc2)c(C2CCc3cc(O)ccc3C2)cc1OC. The summed E-state index contributed by atoms with van der Waals surface area (Å²) in [5, 5.41) is 13.6. The lowest BCUT2D eigenvalue weighted by molar-refractivity contribution is 0.102. The summed E-state index contributed by atoms with van der Waals surface area (Å²) in [4.78, 5) is 2.54. The number of ether oxygens (including phenoxy) is 3. The molecule has 0 saturated carbocycles. The van der Waals surface area contributed by atoms with Gasteiger partial charge in [0, 0.05) is 31.4 Å². The molecule has 42 heavy (non-hydrogen) atoms. The van der Waals surface area contributed by atoms with Gasteiger partial charge in [-0.05, 0) is 115 Å². The van der Waals surface area contributed by atoms with Gasteiger partial charge in [-0.3, -0.25) is 4.90 Å². The number of rotatable bonds is 12. The smallest absolute Gasteiger partial charge is 0.162 e. The van der Waals surface area contributed by atoms with Gasteiger partial charge in [-0.1, -0.05) is 32.0 Å². The van der Waals surface area contributed by atoms with Crippen molar-refractivity contribution in [1.29, 1.82) is 0 Å². The molecule has 0 aromatic heterocycles. The molecule has 0 radical (unpaired) electrons. The van der Waals surface area contributed by atoms with Crippen molar-refractivity contribution < 1.29 is 19.3 Å². The number of phenolic OH excluding ortho intramolecular Hbond substituents is 1. The number of aromatic hydroxyl groups is 1. The molecule has 2 N–H and O–H groups in total. The van der Waals surface area contributed by atoms with Crippen LogP contribution in [0.3, 0.4) is 0 Å². The van der Waals surface area contributed by atoms with Crippen LogP contribution in [-0.2, 0) is 19.3 Å². The average molecular weight is 573 g/mol. The van der Waals surface area contributed by atoms with Gasteiger partial charge in [0.15, 0.2) is 11.5 Å². The minimum atomic E-state index is 0.347. The van der Waals surface area contributed by atoms with Crippen LogP contribution in [0.2, 0.25) is 0 Å². The van der Waals surface area contributed by atoms with Crippen molar-refractivity contribution in [1.82, 2.24) is 4.90 Å². The van der Waals surface area contributed by atoms with Crippen LogP contribution in [0.4, 0.5) is 5.69 Å². The summed E-state index contributed by atoms with van der Waals surface area (Å²) < 4.78 is 17.4. The van der Waals surface area contributed by atoms with E-state index in [9.17, 15) is 5.11 Å². The van der Waals surface area contributed by atoms with Gasteiger partial charge in [0.05, 0.1) is 14.2 Å². The fourth-order valence-corrected chi connectivity index (χ4v) is 6.69. The predicted octanol–water partition coefficient (Wildman–Crippen LogP) is 7.23. The minimum Gasteiger partial charge on any atom is -0.508 e. The Morgan fingerprint density at radius 2 is 1.76 bits per heavy atom. The van der Waals surface area contributed by atoms with Crippen molar-refractivity contribution in [3.05, 3.63) is 76.9 Å². The van der Waals surface area contributed by atoms with Gasteiger partial charge in [0.2, 0.25) is 0 Å². The van der Waals surface area contributed by atoms with Gasteiger partial charge in [-0.15, -0.1) is 0 Å². The van der Waals surface area contributed by atoms with E-state index in [2.05, 4.69) is 66.5 Å². The lowest BCUT2D eigenvalue weighted by atomic mass is 9.79. The number of hydrogen-bond donors (Lipinski definition) is 2. The number of methoxy groups -OCH3 is 2.